The molecule has 120 valence electrons. The smallest absolute Gasteiger partial charge is 0.230 e. The summed E-state index contributed by atoms with van der Waals surface area (Å²) in [6, 6.07) is 0.422. The molecule has 5 heteroatoms. The highest BCUT2D eigenvalue weighted by Crippen LogP contribution is 2.32. The first kappa shape index (κ1) is 15.6. The van der Waals surface area contributed by atoms with E-state index in [0.29, 0.717) is 11.9 Å². The number of thioether (sulfide) groups is 1. The molecule has 0 aliphatic carbocycles. The first-order valence-corrected chi connectivity index (χ1v) is 9.56. The molecule has 1 amide bonds. The minimum atomic E-state index is -0.218. The van der Waals surface area contributed by atoms with Crippen molar-refractivity contribution >= 4 is 17.7 Å². The fraction of sp³-hybridized carbons (Fsp3) is 0.938. The molecule has 3 aliphatic heterocycles. The zero-order chi connectivity index (χ0) is 14.7. The SMILES string of the molecule is CC1(C(=O)N(CC2CCCO2)C2CCSC2)CCCNC1. The highest BCUT2D eigenvalue weighted by Gasteiger charge is 2.41. The van der Waals surface area contributed by atoms with Crippen molar-refractivity contribution in [1.29, 1.82) is 0 Å². The van der Waals surface area contributed by atoms with Gasteiger partial charge < -0.3 is 15.0 Å². The van der Waals surface area contributed by atoms with E-state index >= 15 is 0 Å². The van der Waals surface area contributed by atoms with Crippen LogP contribution in [-0.4, -0.2) is 60.7 Å². The van der Waals surface area contributed by atoms with Crippen LogP contribution in [0.2, 0.25) is 0 Å². The molecule has 21 heavy (non-hydrogen) atoms. The van der Waals surface area contributed by atoms with Crippen LogP contribution in [0.15, 0.2) is 0 Å². The van der Waals surface area contributed by atoms with Gasteiger partial charge >= 0.3 is 0 Å². The number of nitrogens with one attached hydrogen (secondary N) is 1. The Bertz CT molecular complexity index is 359. The minimum Gasteiger partial charge on any atom is -0.376 e. The number of ether oxygens (including phenoxy) is 1. The van der Waals surface area contributed by atoms with Crippen molar-refractivity contribution in [2.75, 3.05) is 37.7 Å². The second kappa shape index (κ2) is 6.88. The third kappa shape index (κ3) is 3.57. The summed E-state index contributed by atoms with van der Waals surface area (Å²) < 4.78 is 5.80. The highest BCUT2D eigenvalue weighted by atomic mass is 32.2. The van der Waals surface area contributed by atoms with Crippen LogP contribution >= 0.6 is 11.8 Å². The fourth-order valence-corrected chi connectivity index (χ4v) is 4.98. The lowest BCUT2D eigenvalue weighted by atomic mass is 9.81. The molecule has 3 unspecified atom stereocenters. The predicted molar refractivity (Wildman–Crippen MR) is 86.6 cm³/mol. The number of hydrogen-bond acceptors (Lipinski definition) is 4. The maximum Gasteiger partial charge on any atom is 0.230 e. The lowest BCUT2D eigenvalue weighted by Gasteiger charge is -2.40. The Labute approximate surface area is 132 Å². The van der Waals surface area contributed by atoms with Crippen LogP contribution in [0.5, 0.6) is 0 Å². The Balaban J connectivity index is 1.71. The number of hydrogen-bond donors (Lipinski definition) is 1. The Morgan fingerprint density at radius 1 is 1.43 bits per heavy atom. The van der Waals surface area contributed by atoms with Crippen LogP contribution in [0.4, 0.5) is 0 Å². The van der Waals surface area contributed by atoms with Crippen LogP contribution in [0, 0.1) is 5.41 Å². The minimum absolute atomic E-state index is 0.218. The molecule has 0 spiro atoms. The van der Waals surface area contributed by atoms with Gasteiger partial charge in [0, 0.05) is 31.5 Å². The molecular formula is C16H28N2O2S. The Morgan fingerprint density at radius 3 is 2.95 bits per heavy atom. The molecule has 4 nitrogen and oxygen atoms in total. The standard InChI is InChI=1S/C16H28N2O2S/c1-16(6-3-7-17-12-16)15(19)18(13-5-9-21-11-13)10-14-4-2-8-20-14/h13-14,17H,2-12H2,1H3. The summed E-state index contributed by atoms with van der Waals surface area (Å²) in [6.45, 7) is 5.69. The van der Waals surface area contributed by atoms with E-state index in [1.807, 2.05) is 11.8 Å². The molecule has 3 aliphatic rings. The monoisotopic (exact) mass is 312 g/mol. The van der Waals surface area contributed by atoms with Gasteiger partial charge in [-0.15, -0.1) is 0 Å². The van der Waals surface area contributed by atoms with Crippen LogP contribution in [0.1, 0.15) is 39.0 Å². The first-order chi connectivity index (χ1) is 10.2. The highest BCUT2D eigenvalue weighted by molar-refractivity contribution is 7.99. The average Bonchev–Trinajstić information content (AvgIpc) is 3.18. The van der Waals surface area contributed by atoms with E-state index in [9.17, 15) is 4.79 Å². The van der Waals surface area contributed by atoms with Gasteiger partial charge in [0.1, 0.15) is 0 Å². The molecule has 3 atom stereocenters. The van der Waals surface area contributed by atoms with E-state index in [1.165, 1.54) is 5.75 Å². The van der Waals surface area contributed by atoms with Gasteiger partial charge in [0.05, 0.1) is 11.5 Å². The molecule has 0 aromatic carbocycles. The van der Waals surface area contributed by atoms with E-state index in [2.05, 4.69) is 17.1 Å². The number of amides is 1. The van der Waals surface area contributed by atoms with Crippen molar-refractivity contribution in [3.05, 3.63) is 0 Å². The van der Waals surface area contributed by atoms with Gasteiger partial charge in [-0.25, -0.2) is 0 Å². The van der Waals surface area contributed by atoms with E-state index in [-0.39, 0.29) is 11.5 Å². The van der Waals surface area contributed by atoms with E-state index in [0.717, 1.165) is 64.1 Å². The van der Waals surface area contributed by atoms with Gasteiger partial charge in [-0.05, 0) is 51.3 Å². The zero-order valence-corrected chi connectivity index (χ0v) is 13.9. The Hall–Kier alpha value is -0.260. The lowest BCUT2D eigenvalue weighted by molar-refractivity contribution is -0.146. The molecular weight excluding hydrogens is 284 g/mol. The number of rotatable bonds is 4. The molecule has 1 N–H and O–H groups in total. The molecule has 3 saturated heterocycles. The summed E-state index contributed by atoms with van der Waals surface area (Å²) in [7, 11) is 0. The largest absolute Gasteiger partial charge is 0.376 e. The van der Waals surface area contributed by atoms with Gasteiger partial charge in [-0.1, -0.05) is 0 Å². The molecule has 0 aromatic rings. The first-order valence-electron chi connectivity index (χ1n) is 8.40. The predicted octanol–water partition coefficient (Wildman–Crippen LogP) is 1.89. The van der Waals surface area contributed by atoms with Gasteiger partial charge in [0.25, 0.3) is 0 Å². The van der Waals surface area contributed by atoms with Crippen molar-refractivity contribution in [2.45, 2.75) is 51.2 Å². The van der Waals surface area contributed by atoms with Gasteiger partial charge in [0.15, 0.2) is 0 Å². The number of carbonyl (C=O) groups is 1. The summed E-state index contributed by atoms with van der Waals surface area (Å²) in [6.07, 6.45) is 5.78. The molecule has 0 bridgehead atoms. The van der Waals surface area contributed by atoms with Crippen molar-refractivity contribution in [2.24, 2.45) is 5.41 Å². The summed E-state index contributed by atoms with van der Waals surface area (Å²) in [5, 5.41) is 3.41. The topological polar surface area (TPSA) is 41.6 Å². The molecule has 3 fully saturated rings. The summed E-state index contributed by atoms with van der Waals surface area (Å²) in [5.41, 5.74) is -0.218. The third-order valence-electron chi connectivity index (χ3n) is 5.15. The third-order valence-corrected chi connectivity index (χ3v) is 6.29. The fourth-order valence-electron chi connectivity index (χ4n) is 3.76. The summed E-state index contributed by atoms with van der Waals surface area (Å²) in [5.74, 6) is 2.65. The number of piperidine rings is 1. The molecule has 0 aromatic heterocycles. The maximum atomic E-state index is 13.2. The van der Waals surface area contributed by atoms with E-state index in [4.69, 9.17) is 4.74 Å². The van der Waals surface area contributed by atoms with Gasteiger partial charge in [0.2, 0.25) is 5.91 Å². The van der Waals surface area contributed by atoms with Crippen molar-refractivity contribution in [3.8, 4) is 0 Å². The van der Waals surface area contributed by atoms with Gasteiger partial charge in [-0.3, -0.25) is 4.79 Å². The van der Waals surface area contributed by atoms with Crippen molar-refractivity contribution in [3.63, 3.8) is 0 Å². The number of carbonyl (C=O) groups excluding carboxylic acids is 1. The normalized spacial score (nSPS) is 36.8. The summed E-state index contributed by atoms with van der Waals surface area (Å²) >= 11 is 1.98. The van der Waals surface area contributed by atoms with E-state index < -0.39 is 0 Å². The Morgan fingerprint density at radius 2 is 2.33 bits per heavy atom. The van der Waals surface area contributed by atoms with Crippen LogP contribution in [-0.2, 0) is 9.53 Å². The van der Waals surface area contributed by atoms with Crippen molar-refractivity contribution < 1.29 is 9.53 Å². The second-order valence-electron chi connectivity index (χ2n) is 6.95. The second-order valence-corrected chi connectivity index (χ2v) is 8.10. The van der Waals surface area contributed by atoms with Gasteiger partial charge in [-0.2, -0.15) is 11.8 Å². The van der Waals surface area contributed by atoms with Crippen LogP contribution < -0.4 is 5.32 Å². The van der Waals surface area contributed by atoms with Crippen LogP contribution in [0.25, 0.3) is 0 Å². The number of nitrogens with zero attached hydrogens (tertiary/aromatic N) is 1. The Kier molecular flexibility index (Phi) is 5.12. The quantitative estimate of drug-likeness (QED) is 0.861. The zero-order valence-electron chi connectivity index (χ0n) is 13.1. The average molecular weight is 312 g/mol. The van der Waals surface area contributed by atoms with Crippen molar-refractivity contribution in [1.82, 2.24) is 10.2 Å². The molecule has 3 heterocycles. The van der Waals surface area contributed by atoms with Crippen LogP contribution in [0.3, 0.4) is 0 Å². The molecule has 0 saturated carbocycles. The summed E-state index contributed by atoms with van der Waals surface area (Å²) in [4.78, 5) is 15.4. The molecule has 0 radical (unpaired) electrons. The molecule has 3 rings (SSSR count). The van der Waals surface area contributed by atoms with E-state index in [1.54, 1.807) is 0 Å². The lowest BCUT2D eigenvalue weighted by Crippen LogP contribution is -2.55. The maximum absolute atomic E-state index is 13.2.